The Balaban J connectivity index is 2.35. The summed E-state index contributed by atoms with van der Waals surface area (Å²) in [6.45, 7) is 2.27. The predicted molar refractivity (Wildman–Crippen MR) is 60.7 cm³/mol. The Hall–Kier alpha value is -1.18. The van der Waals surface area contributed by atoms with E-state index in [0.717, 1.165) is 17.4 Å². The Labute approximate surface area is 91.2 Å². The topological polar surface area (TPSA) is 18.5 Å². The third-order valence-electron chi connectivity index (χ3n) is 3.25. The standard InChI is InChI=1S/C13H18O2/c1-9(10-7-8-10)11-5-4-6-12(14-2)13(11)15-3/h4-6,9-10H,7-8H2,1-3H3/t9-/m1/s1. The maximum absolute atomic E-state index is 5.44. The zero-order valence-corrected chi connectivity index (χ0v) is 9.62. The van der Waals surface area contributed by atoms with E-state index < -0.39 is 0 Å². The van der Waals surface area contributed by atoms with Crippen molar-refractivity contribution in [1.82, 2.24) is 0 Å². The quantitative estimate of drug-likeness (QED) is 0.753. The van der Waals surface area contributed by atoms with Gasteiger partial charge in [-0.15, -0.1) is 0 Å². The molecule has 0 unspecified atom stereocenters. The van der Waals surface area contributed by atoms with Crippen molar-refractivity contribution in [3.8, 4) is 11.5 Å². The molecular formula is C13H18O2. The lowest BCUT2D eigenvalue weighted by Gasteiger charge is -2.17. The minimum atomic E-state index is 0.579. The summed E-state index contributed by atoms with van der Waals surface area (Å²) in [5, 5.41) is 0. The van der Waals surface area contributed by atoms with Crippen molar-refractivity contribution in [2.75, 3.05) is 14.2 Å². The zero-order chi connectivity index (χ0) is 10.8. The molecule has 1 aliphatic carbocycles. The summed E-state index contributed by atoms with van der Waals surface area (Å²) in [6, 6.07) is 6.13. The van der Waals surface area contributed by atoms with Gasteiger partial charge >= 0.3 is 0 Å². The molecule has 2 nitrogen and oxygen atoms in total. The van der Waals surface area contributed by atoms with Crippen LogP contribution in [0.2, 0.25) is 0 Å². The fraction of sp³-hybridized carbons (Fsp3) is 0.538. The van der Waals surface area contributed by atoms with Crippen LogP contribution >= 0.6 is 0 Å². The fourth-order valence-electron chi connectivity index (χ4n) is 2.12. The second kappa shape index (κ2) is 4.13. The van der Waals surface area contributed by atoms with Crippen LogP contribution in [0.4, 0.5) is 0 Å². The fourth-order valence-corrected chi connectivity index (χ4v) is 2.12. The number of methoxy groups -OCH3 is 2. The highest BCUT2D eigenvalue weighted by molar-refractivity contribution is 5.48. The minimum absolute atomic E-state index is 0.579. The van der Waals surface area contributed by atoms with Gasteiger partial charge in [0.05, 0.1) is 14.2 Å². The summed E-state index contributed by atoms with van der Waals surface area (Å²) < 4.78 is 10.7. The highest BCUT2D eigenvalue weighted by atomic mass is 16.5. The maximum atomic E-state index is 5.44. The average Bonchev–Trinajstić information content (AvgIpc) is 3.10. The lowest BCUT2D eigenvalue weighted by Crippen LogP contribution is -2.01. The van der Waals surface area contributed by atoms with Gasteiger partial charge in [-0.2, -0.15) is 0 Å². The number of benzene rings is 1. The largest absolute Gasteiger partial charge is 0.493 e. The molecule has 1 aromatic rings. The third kappa shape index (κ3) is 1.94. The lowest BCUT2D eigenvalue weighted by molar-refractivity contribution is 0.348. The van der Waals surface area contributed by atoms with Gasteiger partial charge in [0.1, 0.15) is 0 Å². The molecule has 0 saturated heterocycles. The Morgan fingerprint density at radius 2 is 1.93 bits per heavy atom. The summed E-state index contributed by atoms with van der Waals surface area (Å²) in [6.07, 6.45) is 2.70. The minimum Gasteiger partial charge on any atom is -0.493 e. The molecule has 0 aliphatic heterocycles. The van der Waals surface area contributed by atoms with E-state index in [1.807, 2.05) is 12.1 Å². The van der Waals surface area contributed by atoms with Gasteiger partial charge in [0.2, 0.25) is 0 Å². The van der Waals surface area contributed by atoms with Gasteiger partial charge in [0, 0.05) is 5.56 Å². The van der Waals surface area contributed by atoms with E-state index in [-0.39, 0.29) is 0 Å². The van der Waals surface area contributed by atoms with Crippen LogP contribution in [0.3, 0.4) is 0 Å². The average molecular weight is 206 g/mol. The van der Waals surface area contributed by atoms with Crippen LogP contribution in [-0.4, -0.2) is 14.2 Å². The number of ether oxygens (including phenoxy) is 2. The molecule has 1 saturated carbocycles. The monoisotopic (exact) mass is 206 g/mol. The molecule has 0 spiro atoms. The van der Waals surface area contributed by atoms with Gasteiger partial charge < -0.3 is 9.47 Å². The summed E-state index contributed by atoms with van der Waals surface area (Å²) in [5.74, 6) is 3.16. The van der Waals surface area contributed by atoms with Crippen LogP contribution in [0.25, 0.3) is 0 Å². The number of hydrogen-bond acceptors (Lipinski definition) is 2. The van der Waals surface area contributed by atoms with Crippen molar-refractivity contribution in [3.63, 3.8) is 0 Å². The molecule has 0 amide bonds. The van der Waals surface area contributed by atoms with E-state index in [0.29, 0.717) is 5.92 Å². The van der Waals surface area contributed by atoms with Crippen LogP contribution < -0.4 is 9.47 Å². The zero-order valence-electron chi connectivity index (χ0n) is 9.62. The molecule has 1 aliphatic rings. The molecule has 0 N–H and O–H groups in total. The lowest BCUT2D eigenvalue weighted by atomic mass is 9.95. The summed E-state index contributed by atoms with van der Waals surface area (Å²) >= 11 is 0. The van der Waals surface area contributed by atoms with Crippen molar-refractivity contribution in [3.05, 3.63) is 23.8 Å². The van der Waals surface area contributed by atoms with E-state index in [1.165, 1.54) is 18.4 Å². The number of para-hydroxylation sites is 1. The van der Waals surface area contributed by atoms with Gasteiger partial charge in [0.15, 0.2) is 11.5 Å². The van der Waals surface area contributed by atoms with E-state index in [1.54, 1.807) is 14.2 Å². The van der Waals surface area contributed by atoms with Crippen molar-refractivity contribution >= 4 is 0 Å². The molecule has 1 aromatic carbocycles. The SMILES string of the molecule is COc1cccc([C@H](C)C2CC2)c1OC. The molecule has 15 heavy (non-hydrogen) atoms. The van der Waals surface area contributed by atoms with Crippen LogP contribution in [-0.2, 0) is 0 Å². The molecule has 2 heteroatoms. The first-order valence-corrected chi connectivity index (χ1v) is 5.48. The van der Waals surface area contributed by atoms with Crippen LogP contribution in [0, 0.1) is 5.92 Å². The van der Waals surface area contributed by atoms with Gasteiger partial charge in [-0.1, -0.05) is 19.1 Å². The first-order valence-electron chi connectivity index (χ1n) is 5.48. The van der Waals surface area contributed by atoms with E-state index in [9.17, 15) is 0 Å². The van der Waals surface area contributed by atoms with Crippen molar-refractivity contribution in [2.24, 2.45) is 5.92 Å². The summed E-state index contributed by atoms with van der Waals surface area (Å²) in [7, 11) is 3.39. The highest BCUT2D eigenvalue weighted by Gasteiger charge is 2.31. The molecule has 0 bridgehead atoms. The van der Waals surface area contributed by atoms with Gasteiger partial charge in [-0.3, -0.25) is 0 Å². The van der Waals surface area contributed by atoms with Gasteiger partial charge in [-0.25, -0.2) is 0 Å². The molecule has 0 radical (unpaired) electrons. The summed E-state index contributed by atoms with van der Waals surface area (Å²) in [5.41, 5.74) is 1.28. The molecular weight excluding hydrogens is 188 g/mol. The first kappa shape index (κ1) is 10.3. The smallest absolute Gasteiger partial charge is 0.164 e. The van der Waals surface area contributed by atoms with Crippen LogP contribution in [0.15, 0.2) is 18.2 Å². The second-order valence-electron chi connectivity index (χ2n) is 4.21. The highest BCUT2D eigenvalue weighted by Crippen LogP contribution is 2.46. The maximum Gasteiger partial charge on any atom is 0.164 e. The molecule has 0 heterocycles. The number of hydrogen-bond donors (Lipinski definition) is 0. The van der Waals surface area contributed by atoms with Crippen molar-refractivity contribution in [1.29, 1.82) is 0 Å². The number of rotatable bonds is 4. The third-order valence-corrected chi connectivity index (χ3v) is 3.25. The Kier molecular flexibility index (Phi) is 2.85. The molecule has 1 atom stereocenters. The van der Waals surface area contributed by atoms with E-state index in [4.69, 9.17) is 9.47 Å². The Morgan fingerprint density at radius 3 is 2.47 bits per heavy atom. The van der Waals surface area contributed by atoms with Gasteiger partial charge in [0.25, 0.3) is 0 Å². The first-order chi connectivity index (χ1) is 7.27. The van der Waals surface area contributed by atoms with Crippen molar-refractivity contribution < 1.29 is 9.47 Å². The molecule has 82 valence electrons. The van der Waals surface area contributed by atoms with Crippen LogP contribution in [0.1, 0.15) is 31.2 Å². The Bertz CT molecular complexity index is 342. The van der Waals surface area contributed by atoms with E-state index in [2.05, 4.69) is 13.0 Å². The molecule has 1 fully saturated rings. The van der Waals surface area contributed by atoms with Crippen LogP contribution in [0.5, 0.6) is 11.5 Å². The van der Waals surface area contributed by atoms with Gasteiger partial charge in [-0.05, 0) is 30.7 Å². The Morgan fingerprint density at radius 1 is 1.20 bits per heavy atom. The van der Waals surface area contributed by atoms with Crippen molar-refractivity contribution in [2.45, 2.75) is 25.7 Å². The normalized spacial score (nSPS) is 17.3. The molecule has 2 rings (SSSR count). The second-order valence-corrected chi connectivity index (χ2v) is 4.21. The van der Waals surface area contributed by atoms with E-state index >= 15 is 0 Å². The summed E-state index contributed by atoms with van der Waals surface area (Å²) in [4.78, 5) is 0. The molecule has 0 aromatic heterocycles. The predicted octanol–water partition coefficient (Wildman–Crippen LogP) is 3.22.